The molecule has 2 aromatic heterocycles. The number of hydrogen-bond acceptors (Lipinski definition) is 4. The fraction of sp³-hybridized carbons (Fsp3) is 0.250. The first kappa shape index (κ1) is 15.4. The van der Waals surface area contributed by atoms with E-state index in [4.69, 9.17) is 4.42 Å². The van der Waals surface area contributed by atoms with Crippen molar-refractivity contribution >= 4 is 27.7 Å². The second-order valence-electron chi connectivity index (χ2n) is 4.82. The lowest BCUT2D eigenvalue weighted by Crippen LogP contribution is -2.00. The van der Waals surface area contributed by atoms with Gasteiger partial charge >= 0.3 is 0 Å². The van der Waals surface area contributed by atoms with Crippen LogP contribution in [0.25, 0.3) is 11.4 Å². The molecule has 6 heteroatoms. The van der Waals surface area contributed by atoms with Crippen LogP contribution in [0.1, 0.15) is 18.2 Å². The van der Waals surface area contributed by atoms with Gasteiger partial charge < -0.3 is 8.98 Å². The van der Waals surface area contributed by atoms with E-state index in [2.05, 4.69) is 49.8 Å². The monoisotopic (exact) mass is 377 g/mol. The topological polar surface area (TPSA) is 43.9 Å². The number of hydrogen-bond donors (Lipinski definition) is 0. The molecule has 0 aliphatic rings. The Morgan fingerprint density at radius 3 is 2.73 bits per heavy atom. The third-order valence-electron chi connectivity index (χ3n) is 3.45. The third kappa shape index (κ3) is 2.98. The zero-order valence-corrected chi connectivity index (χ0v) is 14.8. The predicted octanol–water partition coefficient (Wildman–Crippen LogP) is 4.92. The summed E-state index contributed by atoms with van der Waals surface area (Å²) in [5, 5.41) is 9.62. The summed E-state index contributed by atoms with van der Waals surface area (Å²) in [6, 6.07) is 10.2. The van der Waals surface area contributed by atoms with Crippen molar-refractivity contribution in [2.24, 2.45) is 0 Å². The highest BCUT2D eigenvalue weighted by Crippen LogP contribution is 2.30. The van der Waals surface area contributed by atoms with E-state index in [1.165, 1.54) is 5.56 Å². The Hall–Kier alpha value is -1.53. The van der Waals surface area contributed by atoms with Gasteiger partial charge in [0.1, 0.15) is 5.76 Å². The molecule has 4 nitrogen and oxygen atoms in total. The standard InChI is InChI=1S/C16H16BrN3OS/c1-3-20-15(13-8-9-21-11(13)2)18-19-16(20)22-10-12-6-4-5-7-14(12)17/h4-9H,3,10H2,1-2H3. The normalized spacial score (nSPS) is 11.0. The average molecular weight is 378 g/mol. The van der Waals surface area contributed by atoms with Crippen molar-refractivity contribution in [3.8, 4) is 11.4 Å². The second-order valence-corrected chi connectivity index (χ2v) is 6.62. The first-order valence-corrected chi connectivity index (χ1v) is 8.82. The van der Waals surface area contributed by atoms with Gasteiger partial charge in [0.25, 0.3) is 0 Å². The van der Waals surface area contributed by atoms with Crippen LogP contribution in [0.2, 0.25) is 0 Å². The van der Waals surface area contributed by atoms with Crippen LogP contribution < -0.4 is 0 Å². The minimum absolute atomic E-state index is 0.825. The SMILES string of the molecule is CCn1c(SCc2ccccc2Br)nnc1-c1ccoc1C. The van der Waals surface area contributed by atoms with Crippen LogP contribution in [0.15, 0.2) is 50.6 Å². The molecular formula is C16H16BrN3OS. The summed E-state index contributed by atoms with van der Waals surface area (Å²) in [7, 11) is 0. The molecule has 3 rings (SSSR count). The lowest BCUT2D eigenvalue weighted by molar-refractivity contribution is 0.534. The van der Waals surface area contributed by atoms with Gasteiger partial charge in [0.15, 0.2) is 11.0 Å². The minimum Gasteiger partial charge on any atom is -0.469 e. The lowest BCUT2D eigenvalue weighted by atomic mass is 10.2. The Kier molecular flexibility index (Phi) is 4.69. The number of aromatic nitrogens is 3. The molecule has 0 spiro atoms. The van der Waals surface area contributed by atoms with Crippen LogP contribution in [0, 0.1) is 6.92 Å². The molecule has 114 valence electrons. The molecule has 1 aromatic carbocycles. The smallest absolute Gasteiger partial charge is 0.191 e. The Morgan fingerprint density at radius 2 is 2.05 bits per heavy atom. The number of nitrogens with zero attached hydrogens (tertiary/aromatic N) is 3. The van der Waals surface area contributed by atoms with Crippen LogP contribution in [-0.4, -0.2) is 14.8 Å². The number of furan rings is 1. The minimum atomic E-state index is 0.825. The zero-order chi connectivity index (χ0) is 15.5. The number of aryl methyl sites for hydroxylation is 1. The fourth-order valence-corrected chi connectivity index (χ4v) is 3.87. The van der Waals surface area contributed by atoms with Crippen molar-refractivity contribution in [1.29, 1.82) is 0 Å². The van der Waals surface area contributed by atoms with Gasteiger partial charge in [-0.3, -0.25) is 0 Å². The van der Waals surface area contributed by atoms with E-state index >= 15 is 0 Å². The molecule has 0 atom stereocenters. The van der Waals surface area contributed by atoms with Crippen molar-refractivity contribution in [3.63, 3.8) is 0 Å². The molecule has 0 radical (unpaired) electrons. The molecule has 0 unspecified atom stereocenters. The quantitative estimate of drug-likeness (QED) is 0.591. The van der Waals surface area contributed by atoms with E-state index in [9.17, 15) is 0 Å². The highest BCUT2D eigenvalue weighted by molar-refractivity contribution is 9.10. The van der Waals surface area contributed by atoms with Crippen molar-refractivity contribution in [3.05, 3.63) is 52.4 Å². The maximum absolute atomic E-state index is 5.38. The predicted molar refractivity (Wildman–Crippen MR) is 91.8 cm³/mol. The first-order chi connectivity index (χ1) is 10.7. The Bertz CT molecular complexity index is 781. The van der Waals surface area contributed by atoms with Gasteiger partial charge in [-0.2, -0.15) is 0 Å². The Labute approximate surface area is 142 Å². The van der Waals surface area contributed by atoms with E-state index in [0.717, 1.165) is 39.1 Å². The zero-order valence-electron chi connectivity index (χ0n) is 12.4. The van der Waals surface area contributed by atoms with Crippen LogP contribution in [0.3, 0.4) is 0 Å². The molecule has 0 amide bonds. The molecule has 0 fully saturated rings. The molecule has 0 aliphatic carbocycles. The van der Waals surface area contributed by atoms with Crippen LogP contribution in [0.4, 0.5) is 0 Å². The molecule has 0 saturated heterocycles. The van der Waals surface area contributed by atoms with Crippen molar-refractivity contribution < 1.29 is 4.42 Å². The molecule has 0 N–H and O–H groups in total. The van der Waals surface area contributed by atoms with Crippen LogP contribution in [-0.2, 0) is 12.3 Å². The average Bonchev–Trinajstić information content (AvgIpc) is 3.11. The summed E-state index contributed by atoms with van der Waals surface area (Å²) in [5.41, 5.74) is 2.25. The summed E-state index contributed by atoms with van der Waals surface area (Å²) >= 11 is 5.27. The molecule has 0 aliphatic heterocycles. The second kappa shape index (κ2) is 6.71. The maximum Gasteiger partial charge on any atom is 0.191 e. The van der Waals surface area contributed by atoms with Gasteiger partial charge in [0.05, 0.1) is 11.8 Å². The van der Waals surface area contributed by atoms with Crippen molar-refractivity contribution in [1.82, 2.24) is 14.8 Å². The van der Waals surface area contributed by atoms with Gasteiger partial charge in [-0.05, 0) is 31.5 Å². The first-order valence-electron chi connectivity index (χ1n) is 7.04. The summed E-state index contributed by atoms with van der Waals surface area (Å²) in [6.45, 7) is 4.87. The van der Waals surface area contributed by atoms with Gasteiger partial charge in [-0.1, -0.05) is 45.9 Å². The molecule has 3 aromatic rings. The van der Waals surface area contributed by atoms with Gasteiger partial charge in [0.2, 0.25) is 0 Å². The van der Waals surface area contributed by atoms with E-state index < -0.39 is 0 Å². The molecule has 2 heterocycles. The highest BCUT2D eigenvalue weighted by atomic mass is 79.9. The highest BCUT2D eigenvalue weighted by Gasteiger charge is 2.16. The van der Waals surface area contributed by atoms with Gasteiger partial charge in [-0.25, -0.2) is 0 Å². The molecule has 0 bridgehead atoms. The lowest BCUT2D eigenvalue weighted by Gasteiger charge is -2.07. The molecule has 22 heavy (non-hydrogen) atoms. The summed E-state index contributed by atoms with van der Waals surface area (Å²) in [4.78, 5) is 0. The summed E-state index contributed by atoms with van der Waals surface area (Å²) < 4.78 is 8.62. The Balaban J connectivity index is 1.85. The third-order valence-corrected chi connectivity index (χ3v) is 5.24. The largest absolute Gasteiger partial charge is 0.469 e. The number of benzene rings is 1. The van der Waals surface area contributed by atoms with Crippen molar-refractivity contribution in [2.45, 2.75) is 31.3 Å². The van der Waals surface area contributed by atoms with E-state index in [1.807, 2.05) is 25.1 Å². The number of thioether (sulfide) groups is 1. The van der Waals surface area contributed by atoms with E-state index in [0.29, 0.717) is 0 Å². The van der Waals surface area contributed by atoms with Crippen molar-refractivity contribution in [2.75, 3.05) is 0 Å². The molecular weight excluding hydrogens is 362 g/mol. The summed E-state index contributed by atoms with van der Waals surface area (Å²) in [6.07, 6.45) is 1.69. The fourth-order valence-electron chi connectivity index (χ4n) is 2.25. The maximum atomic E-state index is 5.38. The van der Waals surface area contributed by atoms with Crippen LogP contribution in [0.5, 0.6) is 0 Å². The summed E-state index contributed by atoms with van der Waals surface area (Å²) in [5.74, 6) is 2.58. The number of rotatable bonds is 5. The van der Waals surface area contributed by atoms with E-state index in [-0.39, 0.29) is 0 Å². The van der Waals surface area contributed by atoms with Gasteiger partial charge in [-0.15, -0.1) is 10.2 Å². The van der Waals surface area contributed by atoms with E-state index in [1.54, 1.807) is 18.0 Å². The molecule has 0 saturated carbocycles. The Morgan fingerprint density at radius 1 is 1.23 bits per heavy atom. The number of halogens is 1. The van der Waals surface area contributed by atoms with Gasteiger partial charge in [0, 0.05) is 16.8 Å². The van der Waals surface area contributed by atoms with Crippen LogP contribution >= 0.6 is 27.7 Å².